The summed E-state index contributed by atoms with van der Waals surface area (Å²) in [6.45, 7) is 0.931. The lowest BCUT2D eigenvalue weighted by atomic mass is 9.84. The molecule has 2 fully saturated rings. The molecule has 2 heterocycles. The van der Waals surface area contributed by atoms with Crippen molar-refractivity contribution in [2.24, 2.45) is 7.05 Å². The van der Waals surface area contributed by atoms with Crippen molar-refractivity contribution in [2.45, 2.75) is 75.9 Å². The van der Waals surface area contributed by atoms with E-state index in [0.29, 0.717) is 5.92 Å². The number of ether oxygens (including phenoxy) is 1. The Labute approximate surface area is 150 Å². The standard InChI is InChI=1S/C20H30N4O/c1-23-17(10-13-22-23)18-19(16-8-4-5-9-16)24(15-21-18)14-20(25-2)11-6-3-7-12-20/h10,13,15-16H,3-9,11-12,14H2,1-2H3. The number of rotatable bonds is 5. The van der Waals surface area contributed by atoms with Crippen LogP contribution >= 0.6 is 0 Å². The van der Waals surface area contributed by atoms with Gasteiger partial charge in [0, 0.05) is 26.3 Å². The summed E-state index contributed by atoms with van der Waals surface area (Å²) in [7, 11) is 3.89. The summed E-state index contributed by atoms with van der Waals surface area (Å²) in [4.78, 5) is 4.84. The van der Waals surface area contributed by atoms with Crippen LogP contribution in [0, 0.1) is 0 Å². The second-order valence-corrected chi connectivity index (χ2v) is 7.88. The average molecular weight is 342 g/mol. The Morgan fingerprint density at radius 3 is 2.56 bits per heavy atom. The lowest BCUT2D eigenvalue weighted by molar-refractivity contribution is -0.0524. The number of aryl methyl sites for hydroxylation is 1. The minimum absolute atomic E-state index is 0.0178. The van der Waals surface area contributed by atoms with Crippen molar-refractivity contribution >= 4 is 0 Å². The van der Waals surface area contributed by atoms with Crippen LogP contribution in [0.15, 0.2) is 18.6 Å². The van der Waals surface area contributed by atoms with Gasteiger partial charge in [-0.3, -0.25) is 4.68 Å². The van der Waals surface area contributed by atoms with Crippen LogP contribution in [0.25, 0.3) is 11.4 Å². The monoisotopic (exact) mass is 342 g/mol. The van der Waals surface area contributed by atoms with Crippen LogP contribution in [-0.2, 0) is 18.3 Å². The third kappa shape index (κ3) is 3.14. The number of hydrogen-bond donors (Lipinski definition) is 0. The molecule has 0 radical (unpaired) electrons. The second-order valence-electron chi connectivity index (χ2n) is 7.88. The first-order chi connectivity index (χ1) is 12.2. The molecule has 4 rings (SSSR count). The molecule has 5 nitrogen and oxygen atoms in total. The van der Waals surface area contributed by atoms with Gasteiger partial charge in [0.2, 0.25) is 0 Å². The average Bonchev–Trinajstić information content (AvgIpc) is 3.36. The molecule has 0 atom stereocenters. The van der Waals surface area contributed by atoms with Crippen molar-refractivity contribution in [1.29, 1.82) is 0 Å². The summed E-state index contributed by atoms with van der Waals surface area (Å²) in [6.07, 6.45) is 15.3. The maximum atomic E-state index is 6.06. The second kappa shape index (κ2) is 6.94. The quantitative estimate of drug-likeness (QED) is 0.814. The number of methoxy groups -OCH3 is 1. The highest BCUT2D eigenvalue weighted by Gasteiger charge is 2.35. The molecule has 0 aliphatic heterocycles. The van der Waals surface area contributed by atoms with Crippen LogP contribution in [0.4, 0.5) is 0 Å². The molecule has 0 spiro atoms. The highest BCUT2D eigenvalue weighted by atomic mass is 16.5. The minimum atomic E-state index is -0.0178. The highest BCUT2D eigenvalue weighted by Crippen LogP contribution is 2.40. The van der Waals surface area contributed by atoms with Gasteiger partial charge < -0.3 is 9.30 Å². The normalized spacial score (nSPS) is 21.0. The summed E-state index contributed by atoms with van der Waals surface area (Å²) in [5, 5.41) is 4.36. The molecule has 2 saturated carbocycles. The predicted molar refractivity (Wildman–Crippen MR) is 98.5 cm³/mol. The summed E-state index contributed by atoms with van der Waals surface area (Å²) in [6, 6.07) is 2.08. The highest BCUT2D eigenvalue weighted by molar-refractivity contribution is 5.58. The van der Waals surface area contributed by atoms with E-state index in [4.69, 9.17) is 9.72 Å². The van der Waals surface area contributed by atoms with Gasteiger partial charge in [-0.2, -0.15) is 5.10 Å². The van der Waals surface area contributed by atoms with Crippen LogP contribution in [0.5, 0.6) is 0 Å². The summed E-state index contributed by atoms with van der Waals surface area (Å²) in [5.41, 5.74) is 3.63. The molecule has 2 aromatic rings. The molecule has 2 aromatic heterocycles. The Hall–Kier alpha value is -1.62. The van der Waals surface area contributed by atoms with Crippen LogP contribution in [0.3, 0.4) is 0 Å². The van der Waals surface area contributed by atoms with Crippen LogP contribution in [0.2, 0.25) is 0 Å². The van der Waals surface area contributed by atoms with Crippen molar-refractivity contribution in [3.8, 4) is 11.4 Å². The Kier molecular flexibility index (Phi) is 4.67. The van der Waals surface area contributed by atoms with Gasteiger partial charge in [0.05, 0.1) is 29.9 Å². The molecule has 0 aromatic carbocycles. The zero-order valence-electron chi connectivity index (χ0n) is 15.6. The van der Waals surface area contributed by atoms with E-state index < -0.39 is 0 Å². The van der Waals surface area contributed by atoms with Crippen molar-refractivity contribution in [2.75, 3.05) is 7.11 Å². The van der Waals surface area contributed by atoms with E-state index in [1.54, 1.807) is 0 Å². The molecular formula is C20H30N4O. The molecule has 136 valence electrons. The fourth-order valence-electron chi connectivity index (χ4n) is 4.88. The van der Waals surface area contributed by atoms with Gasteiger partial charge in [-0.25, -0.2) is 4.98 Å². The van der Waals surface area contributed by atoms with Crippen molar-refractivity contribution in [3.63, 3.8) is 0 Å². The van der Waals surface area contributed by atoms with Crippen molar-refractivity contribution in [3.05, 3.63) is 24.3 Å². The number of aromatic nitrogens is 4. The van der Waals surface area contributed by atoms with Crippen molar-refractivity contribution < 1.29 is 4.74 Å². The zero-order chi connectivity index (χ0) is 17.3. The van der Waals surface area contributed by atoms with Gasteiger partial charge >= 0.3 is 0 Å². The van der Waals surface area contributed by atoms with E-state index in [9.17, 15) is 0 Å². The molecule has 25 heavy (non-hydrogen) atoms. The minimum Gasteiger partial charge on any atom is -0.376 e. The predicted octanol–water partition coefficient (Wildman–Crippen LogP) is 4.29. The van der Waals surface area contributed by atoms with Gasteiger partial charge in [0.1, 0.15) is 5.69 Å². The van der Waals surface area contributed by atoms with E-state index >= 15 is 0 Å². The van der Waals surface area contributed by atoms with Crippen molar-refractivity contribution in [1.82, 2.24) is 19.3 Å². The largest absolute Gasteiger partial charge is 0.376 e. The molecular weight excluding hydrogens is 312 g/mol. The third-order valence-corrected chi connectivity index (χ3v) is 6.34. The Morgan fingerprint density at radius 2 is 1.92 bits per heavy atom. The van der Waals surface area contributed by atoms with E-state index in [1.807, 2.05) is 31.4 Å². The molecule has 0 bridgehead atoms. The molecule has 2 aliphatic rings. The first kappa shape index (κ1) is 16.8. The molecule has 2 aliphatic carbocycles. The van der Waals surface area contributed by atoms with E-state index in [-0.39, 0.29) is 5.60 Å². The summed E-state index contributed by atoms with van der Waals surface area (Å²) in [5.74, 6) is 0.616. The van der Waals surface area contributed by atoms with E-state index in [0.717, 1.165) is 30.8 Å². The van der Waals surface area contributed by atoms with Gasteiger partial charge in [0.25, 0.3) is 0 Å². The Bertz CT molecular complexity index is 705. The van der Waals surface area contributed by atoms with Crippen LogP contribution in [-0.4, -0.2) is 32.0 Å². The zero-order valence-corrected chi connectivity index (χ0v) is 15.6. The van der Waals surface area contributed by atoms with E-state index in [2.05, 4.69) is 15.7 Å². The molecule has 0 N–H and O–H groups in total. The lowest BCUT2D eigenvalue weighted by Crippen LogP contribution is -2.39. The first-order valence-corrected chi connectivity index (χ1v) is 9.81. The van der Waals surface area contributed by atoms with Crippen LogP contribution < -0.4 is 0 Å². The smallest absolute Gasteiger partial charge is 0.110 e. The summed E-state index contributed by atoms with van der Waals surface area (Å²) < 4.78 is 10.4. The fraction of sp³-hybridized carbons (Fsp3) is 0.700. The third-order valence-electron chi connectivity index (χ3n) is 6.34. The van der Waals surface area contributed by atoms with Crippen LogP contribution in [0.1, 0.15) is 69.4 Å². The SMILES string of the molecule is COC1(Cn2cnc(-c3ccnn3C)c2C2CCCC2)CCCCC1. The molecule has 0 saturated heterocycles. The number of nitrogens with zero attached hydrogens (tertiary/aromatic N) is 4. The molecule has 0 unspecified atom stereocenters. The number of imidazole rings is 1. The Morgan fingerprint density at radius 1 is 1.16 bits per heavy atom. The summed E-state index contributed by atoms with van der Waals surface area (Å²) >= 11 is 0. The van der Waals surface area contributed by atoms with Gasteiger partial charge in [-0.1, -0.05) is 32.1 Å². The van der Waals surface area contributed by atoms with Gasteiger partial charge in [0.15, 0.2) is 0 Å². The van der Waals surface area contributed by atoms with Gasteiger partial charge in [-0.15, -0.1) is 0 Å². The van der Waals surface area contributed by atoms with Gasteiger partial charge in [-0.05, 0) is 31.7 Å². The molecule has 5 heteroatoms. The lowest BCUT2D eigenvalue weighted by Gasteiger charge is -2.37. The first-order valence-electron chi connectivity index (χ1n) is 9.81. The Balaban J connectivity index is 1.72. The fourth-order valence-corrected chi connectivity index (χ4v) is 4.88. The van der Waals surface area contributed by atoms with E-state index in [1.165, 1.54) is 50.6 Å². The maximum absolute atomic E-state index is 6.06. The topological polar surface area (TPSA) is 44.9 Å². The number of hydrogen-bond acceptors (Lipinski definition) is 3. The molecule has 0 amide bonds. The maximum Gasteiger partial charge on any atom is 0.110 e.